The molecule has 104 valence electrons. The van der Waals surface area contributed by atoms with Crippen molar-refractivity contribution in [1.29, 1.82) is 0 Å². The maximum atomic E-state index is 11.6. The Labute approximate surface area is 124 Å². The maximum Gasteiger partial charge on any atom is 0.326 e. The van der Waals surface area contributed by atoms with Crippen molar-refractivity contribution in [2.75, 3.05) is 0 Å². The van der Waals surface area contributed by atoms with Crippen LogP contribution in [0.2, 0.25) is 0 Å². The number of amides is 2. The molecule has 0 aliphatic heterocycles. The highest BCUT2D eigenvalue weighted by Gasteiger charge is 2.34. The molecule has 0 spiro atoms. The van der Waals surface area contributed by atoms with Crippen molar-refractivity contribution in [3.63, 3.8) is 0 Å². The lowest BCUT2D eigenvalue weighted by Crippen LogP contribution is -2.46. The molecule has 0 aliphatic carbocycles. The average molecular weight is 346 g/mol. The zero-order valence-electron chi connectivity index (χ0n) is 9.06. The number of carbonyl (C=O) groups is 2. The minimum atomic E-state index is -4.46. The second-order valence-corrected chi connectivity index (χ2v) is 6.93. The van der Waals surface area contributed by atoms with Gasteiger partial charge >= 0.3 is 10.2 Å². The van der Waals surface area contributed by atoms with Crippen LogP contribution >= 0.6 is 34.8 Å². The van der Waals surface area contributed by atoms with E-state index in [1.54, 1.807) is 22.9 Å². The molecule has 19 heavy (non-hydrogen) atoms. The summed E-state index contributed by atoms with van der Waals surface area (Å²) in [4.78, 5) is 22.7. The van der Waals surface area contributed by atoms with Gasteiger partial charge in [0, 0.05) is 5.56 Å². The molecular weight excluding hydrogens is 339 g/mol. The fourth-order valence-corrected chi connectivity index (χ4v) is 2.10. The van der Waals surface area contributed by atoms with Crippen LogP contribution in [0.3, 0.4) is 0 Å². The first-order valence-corrected chi connectivity index (χ1v) is 7.24. The van der Waals surface area contributed by atoms with Crippen molar-refractivity contribution in [3.05, 3.63) is 35.9 Å². The summed E-state index contributed by atoms with van der Waals surface area (Å²) < 4.78 is 23.4. The summed E-state index contributed by atoms with van der Waals surface area (Å²) in [6.07, 6.45) is 0. The van der Waals surface area contributed by atoms with E-state index >= 15 is 0 Å². The number of carbonyl (C=O) groups excluding carboxylic acids is 2. The van der Waals surface area contributed by atoms with Gasteiger partial charge in [0.2, 0.25) is 0 Å². The molecule has 0 saturated carbocycles. The van der Waals surface area contributed by atoms with Crippen LogP contribution in [0.1, 0.15) is 10.4 Å². The number of alkyl halides is 3. The Morgan fingerprint density at radius 2 is 1.53 bits per heavy atom. The highest BCUT2D eigenvalue weighted by atomic mass is 35.6. The molecule has 0 aliphatic rings. The predicted molar refractivity (Wildman–Crippen MR) is 71.3 cm³/mol. The molecule has 0 bridgehead atoms. The van der Waals surface area contributed by atoms with Crippen molar-refractivity contribution in [1.82, 2.24) is 9.44 Å². The van der Waals surface area contributed by atoms with Gasteiger partial charge in [-0.2, -0.15) is 8.42 Å². The van der Waals surface area contributed by atoms with Crippen LogP contribution in [0.25, 0.3) is 0 Å². The average Bonchev–Trinajstić information content (AvgIpc) is 2.27. The molecule has 0 unspecified atom stereocenters. The first kappa shape index (κ1) is 16.0. The van der Waals surface area contributed by atoms with Gasteiger partial charge in [0.05, 0.1) is 0 Å². The topological polar surface area (TPSA) is 92.3 Å². The zero-order chi connectivity index (χ0) is 14.7. The Kier molecular flexibility index (Phi) is 5.03. The Morgan fingerprint density at radius 3 is 2.00 bits per heavy atom. The number of benzene rings is 1. The quantitative estimate of drug-likeness (QED) is 0.804. The van der Waals surface area contributed by atoms with Crippen molar-refractivity contribution in [2.24, 2.45) is 0 Å². The normalized spacial score (nSPS) is 11.7. The largest absolute Gasteiger partial charge is 0.326 e. The van der Waals surface area contributed by atoms with E-state index in [0.717, 1.165) is 0 Å². The summed E-state index contributed by atoms with van der Waals surface area (Å²) in [5.74, 6) is -2.32. The molecule has 2 N–H and O–H groups in total. The molecule has 0 saturated heterocycles. The van der Waals surface area contributed by atoms with E-state index in [1.807, 2.05) is 0 Å². The van der Waals surface area contributed by atoms with E-state index in [9.17, 15) is 18.0 Å². The highest BCUT2D eigenvalue weighted by molar-refractivity contribution is 7.88. The van der Waals surface area contributed by atoms with E-state index in [0.29, 0.717) is 0 Å². The second kappa shape index (κ2) is 5.96. The number of nitrogens with one attached hydrogen (secondary N) is 2. The van der Waals surface area contributed by atoms with Crippen LogP contribution in [-0.2, 0) is 15.0 Å². The Hall–Kier alpha value is -1.02. The molecule has 0 atom stereocenters. The van der Waals surface area contributed by atoms with Crippen LogP contribution in [0.4, 0.5) is 0 Å². The smallest absolute Gasteiger partial charge is 0.269 e. The molecule has 0 aromatic heterocycles. The fraction of sp³-hybridized carbons (Fsp3) is 0.111. The van der Waals surface area contributed by atoms with Crippen molar-refractivity contribution in [2.45, 2.75) is 3.79 Å². The van der Waals surface area contributed by atoms with Crippen LogP contribution in [0, 0.1) is 0 Å². The van der Waals surface area contributed by atoms with Gasteiger partial charge in [-0.1, -0.05) is 53.0 Å². The van der Waals surface area contributed by atoms with Crippen molar-refractivity contribution in [3.8, 4) is 0 Å². The van der Waals surface area contributed by atoms with E-state index in [4.69, 9.17) is 34.8 Å². The zero-order valence-corrected chi connectivity index (χ0v) is 12.1. The van der Waals surface area contributed by atoms with Crippen LogP contribution < -0.4 is 9.44 Å². The van der Waals surface area contributed by atoms with Gasteiger partial charge in [-0.25, -0.2) is 9.44 Å². The fourth-order valence-electron chi connectivity index (χ4n) is 0.976. The van der Waals surface area contributed by atoms with E-state index in [1.165, 1.54) is 16.9 Å². The second-order valence-electron chi connectivity index (χ2n) is 3.23. The van der Waals surface area contributed by atoms with E-state index in [2.05, 4.69) is 0 Å². The van der Waals surface area contributed by atoms with Gasteiger partial charge in [0.1, 0.15) is 0 Å². The highest BCUT2D eigenvalue weighted by Crippen LogP contribution is 2.25. The van der Waals surface area contributed by atoms with Crippen LogP contribution in [0.5, 0.6) is 0 Å². The summed E-state index contributed by atoms with van der Waals surface area (Å²) >= 11 is 15.6. The first-order chi connectivity index (χ1) is 8.62. The summed E-state index contributed by atoms with van der Waals surface area (Å²) in [5, 5.41) is 0. The Balaban J connectivity index is 2.76. The SMILES string of the molecule is O=C(NS(=O)(=O)NC(=O)C(Cl)(Cl)Cl)c1ccccc1. The molecule has 1 aromatic rings. The lowest BCUT2D eigenvalue weighted by atomic mass is 10.2. The third-order valence-electron chi connectivity index (χ3n) is 1.75. The molecule has 0 heterocycles. The summed E-state index contributed by atoms with van der Waals surface area (Å²) in [7, 11) is -4.46. The van der Waals surface area contributed by atoms with Crippen LogP contribution in [0.15, 0.2) is 30.3 Å². The van der Waals surface area contributed by atoms with Crippen molar-refractivity contribution < 1.29 is 18.0 Å². The molecule has 10 heteroatoms. The molecule has 0 fully saturated rings. The third kappa shape index (κ3) is 5.23. The van der Waals surface area contributed by atoms with E-state index < -0.39 is 25.8 Å². The molecular formula is C9H7Cl3N2O4S. The van der Waals surface area contributed by atoms with Gasteiger partial charge in [-0.05, 0) is 12.1 Å². The van der Waals surface area contributed by atoms with Gasteiger partial charge < -0.3 is 0 Å². The Bertz CT molecular complexity index is 583. The summed E-state index contributed by atoms with van der Waals surface area (Å²) in [6, 6.07) is 7.52. The van der Waals surface area contributed by atoms with Crippen LogP contribution in [-0.4, -0.2) is 24.0 Å². The maximum absolute atomic E-state index is 11.6. The summed E-state index contributed by atoms with van der Waals surface area (Å²) in [5.41, 5.74) is 0.0919. The Morgan fingerprint density at radius 1 is 1.00 bits per heavy atom. The third-order valence-corrected chi connectivity index (χ3v) is 3.17. The summed E-state index contributed by atoms with van der Waals surface area (Å²) in [6.45, 7) is 0. The predicted octanol–water partition coefficient (Wildman–Crippen LogP) is 1.15. The lowest BCUT2D eigenvalue weighted by Gasteiger charge is -2.12. The first-order valence-electron chi connectivity index (χ1n) is 4.63. The molecule has 1 rings (SSSR count). The molecule has 6 nitrogen and oxygen atoms in total. The number of hydrogen-bond acceptors (Lipinski definition) is 4. The van der Waals surface area contributed by atoms with Crippen molar-refractivity contribution >= 4 is 56.8 Å². The molecule has 1 aromatic carbocycles. The van der Waals surface area contributed by atoms with Gasteiger partial charge in [-0.3, -0.25) is 9.59 Å². The number of rotatable bonds is 3. The number of hydrogen-bond donors (Lipinski definition) is 2. The van der Waals surface area contributed by atoms with E-state index in [-0.39, 0.29) is 5.56 Å². The van der Waals surface area contributed by atoms with Gasteiger partial charge in [-0.15, -0.1) is 0 Å². The minimum absolute atomic E-state index is 0.0919. The number of halogens is 3. The molecule has 2 amide bonds. The molecule has 0 radical (unpaired) electrons. The van der Waals surface area contributed by atoms with Gasteiger partial charge in [0.15, 0.2) is 0 Å². The lowest BCUT2D eigenvalue weighted by molar-refractivity contribution is -0.118. The standard InChI is InChI=1S/C9H7Cl3N2O4S/c10-9(11,12)8(16)14-19(17,18)13-7(15)6-4-2-1-3-5-6/h1-5H,(H,13,15)(H,14,16). The van der Waals surface area contributed by atoms with Gasteiger partial charge in [0.25, 0.3) is 15.6 Å². The monoisotopic (exact) mass is 344 g/mol. The minimum Gasteiger partial charge on any atom is -0.269 e.